The number of thioether (sulfide) groups is 1. The zero-order valence-electron chi connectivity index (χ0n) is 11.3. The Bertz CT molecular complexity index is 664. The lowest BCUT2D eigenvalue weighted by atomic mass is 10.1. The molecule has 0 aliphatic heterocycles. The normalized spacial score (nSPS) is 10.1. The molecule has 2 rings (SSSR count). The van der Waals surface area contributed by atoms with E-state index in [-0.39, 0.29) is 0 Å². The van der Waals surface area contributed by atoms with Crippen LogP contribution < -0.4 is 4.74 Å². The highest BCUT2D eigenvalue weighted by Crippen LogP contribution is 2.32. The third-order valence-corrected chi connectivity index (χ3v) is 4.09. The van der Waals surface area contributed by atoms with Crippen LogP contribution in [-0.2, 0) is 6.42 Å². The van der Waals surface area contributed by atoms with Crippen LogP contribution in [0.15, 0.2) is 41.3 Å². The Hall–Kier alpha value is -1.63. The average molecular weight is 304 g/mol. The topological polar surface area (TPSA) is 33.0 Å². The van der Waals surface area contributed by atoms with Crippen molar-refractivity contribution in [2.45, 2.75) is 18.2 Å². The van der Waals surface area contributed by atoms with E-state index in [9.17, 15) is 5.26 Å². The van der Waals surface area contributed by atoms with Crippen molar-refractivity contribution in [2.24, 2.45) is 0 Å². The summed E-state index contributed by atoms with van der Waals surface area (Å²) in [6, 6.07) is 13.4. The van der Waals surface area contributed by atoms with E-state index >= 15 is 0 Å². The molecule has 2 aromatic carbocycles. The Balaban J connectivity index is 2.38. The highest BCUT2D eigenvalue weighted by atomic mass is 35.5. The summed E-state index contributed by atoms with van der Waals surface area (Å²) < 4.78 is 5.85. The summed E-state index contributed by atoms with van der Waals surface area (Å²) in [5, 5.41) is 10.0. The quantitative estimate of drug-likeness (QED) is 0.720. The van der Waals surface area contributed by atoms with Crippen molar-refractivity contribution >= 4 is 23.4 Å². The second-order valence-corrected chi connectivity index (χ2v) is 5.41. The summed E-state index contributed by atoms with van der Waals surface area (Å²) in [4.78, 5) is 0.912. The average Bonchev–Trinajstić information content (AvgIpc) is 2.48. The second-order valence-electron chi connectivity index (χ2n) is 4.15. The first-order valence-electron chi connectivity index (χ1n) is 6.23. The van der Waals surface area contributed by atoms with Gasteiger partial charge in [-0.1, -0.05) is 24.6 Å². The zero-order valence-corrected chi connectivity index (χ0v) is 12.9. The van der Waals surface area contributed by atoms with Crippen LogP contribution in [0.5, 0.6) is 11.5 Å². The van der Waals surface area contributed by atoms with Gasteiger partial charge in [-0.15, -0.1) is 11.8 Å². The third-order valence-electron chi connectivity index (χ3n) is 2.95. The smallest absolute Gasteiger partial charge is 0.146 e. The lowest BCUT2D eigenvalue weighted by Gasteiger charge is -2.11. The summed E-state index contributed by atoms with van der Waals surface area (Å²) in [5.41, 5.74) is 1.59. The molecule has 2 aromatic rings. The van der Waals surface area contributed by atoms with E-state index < -0.39 is 0 Å². The Labute approximate surface area is 128 Å². The molecule has 0 aliphatic rings. The van der Waals surface area contributed by atoms with Gasteiger partial charge in [0.1, 0.15) is 23.1 Å². The molecule has 0 N–H and O–H groups in total. The van der Waals surface area contributed by atoms with Crippen LogP contribution >= 0.6 is 23.4 Å². The van der Waals surface area contributed by atoms with Gasteiger partial charge in [0.15, 0.2) is 0 Å². The van der Waals surface area contributed by atoms with E-state index in [2.05, 4.69) is 6.07 Å². The van der Waals surface area contributed by atoms with Crippen LogP contribution in [-0.4, -0.2) is 6.26 Å². The molecule has 102 valence electrons. The molecule has 2 nitrogen and oxygen atoms in total. The van der Waals surface area contributed by atoms with E-state index in [1.807, 2.05) is 43.5 Å². The zero-order chi connectivity index (χ0) is 14.5. The number of nitrogens with zero attached hydrogens (tertiary/aromatic N) is 1. The van der Waals surface area contributed by atoms with Crippen molar-refractivity contribution in [2.75, 3.05) is 6.26 Å². The molecule has 0 unspecified atom stereocenters. The number of nitriles is 1. The van der Waals surface area contributed by atoms with Gasteiger partial charge < -0.3 is 4.74 Å². The molecule has 0 amide bonds. The van der Waals surface area contributed by atoms with Crippen molar-refractivity contribution in [1.29, 1.82) is 5.26 Å². The minimum Gasteiger partial charge on any atom is -0.456 e. The van der Waals surface area contributed by atoms with Crippen molar-refractivity contribution < 1.29 is 4.74 Å². The van der Waals surface area contributed by atoms with Crippen LogP contribution in [0.1, 0.15) is 18.1 Å². The van der Waals surface area contributed by atoms with Gasteiger partial charge in [0.2, 0.25) is 0 Å². The number of hydrogen-bond acceptors (Lipinski definition) is 3. The summed E-state index contributed by atoms with van der Waals surface area (Å²) in [6.07, 6.45) is 2.78. The number of ether oxygens (including phenoxy) is 1. The van der Waals surface area contributed by atoms with E-state index in [0.29, 0.717) is 17.1 Å². The number of benzene rings is 2. The van der Waals surface area contributed by atoms with Gasteiger partial charge in [0.05, 0.1) is 0 Å². The van der Waals surface area contributed by atoms with Gasteiger partial charge in [-0.3, -0.25) is 0 Å². The Morgan fingerprint density at radius 3 is 2.75 bits per heavy atom. The Morgan fingerprint density at radius 1 is 1.30 bits per heavy atom. The predicted octanol–water partition coefficient (Wildman–Crippen LogP) is 5.29. The van der Waals surface area contributed by atoms with Crippen molar-refractivity contribution in [3.05, 3.63) is 52.5 Å². The molecule has 0 bridgehead atoms. The van der Waals surface area contributed by atoms with Gasteiger partial charge in [0, 0.05) is 9.92 Å². The van der Waals surface area contributed by atoms with Gasteiger partial charge in [-0.05, 0) is 48.6 Å². The predicted molar refractivity (Wildman–Crippen MR) is 83.8 cm³/mol. The monoisotopic (exact) mass is 303 g/mol. The Kier molecular flexibility index (Phi) is 4.94. The molecule has 0 aliphatic carbocycles. The molecule has 0 spiro atoms. The third kappa shape index (κ3) is 3.09. The van der Waals surface area contributed by atoms with Gasteiger partial charge in [0.25, 0.3) is 0 Å². The molecule has 0 atom stereocenters. The molecule has 20 heavy (non-hydrogen) atoms. The van der Waals surface area contributed by atoms with E-state index in [1.54, 1.807) is 6.07 Å². The molecule has 0 saturated carbocycles. The summed E-state index contributed by atoms with van der Waals surface area (Å²) in [7, 11) is 0. The fourth-order valence-corrected chi connectivity index (χ4v) is 2.71. The van der Waals surface area contributed by atoms with Crippen molar-refractivity contribution in [3.63, 3.8) is 0 Å². The summed E-state index contributed by atoms with van der Waals surface area (Å²) in [6.45, 7) is 2.04. The molecule has 0 fully saturated rings. The maximum atomic E-state index is 9.29. The first kappa shape index (κ1) is 14.8. The minimum absolute atomic E-state index is 0.563. The van der Waals surface area contributed by atoms with Gasteiger partial charge in [-0.25, -0.2) is 0 Å². The lowest BCUT2D eigenvalue weighted by Crippen LogP contribution is -1.92. The molecule has 0 heterocycles. The fourth-order valence-electron chi connectivity index (χ4n) is 1.89. The van der Waals surface area contributed by atoms with Crippen LogP contribution in [0.4, 0.5) is 0 Å². The Morgan fingerprint density at radius 2 is 2.10 bits per heavy atom. The largest absolute Gasteiger partial charge is 0.456 e. The highest BCUT2D eigenvalue weighted by molar-refractivity contribution is 7.98. The summed E-state index contributed by atoms with van der Waals surface area (Å²) in [5.74, 6) is 1.27. The lowest BCUT2D eigenvalue weighted by molar-refractivity contribution is 0.479. The maximum absolute atomic E-state index is 9.29. The minimum atomic E-state index is 0.563. The molecule has 0 saturated heterocycles. The molecular formula is C16H14ClNOS. The van der Waals surface area contributed by atoms with E-state index in [4.69, 9.17) is 16.3 Å². The SMILES string of the molecule is CCc1cc(Oc2cccc(SC)c2C#N)ccc1Cl. The number of rotatable bonds is 4. The highest BCUT2D eigenvalue weighted by Gasteiger charge is 2.10. The van der Waals surface area contributed by atoms with Crippen LogP contribution in [0.2, 0.25) is 5.02 Å². The van der Waals surface area contributed by atoms with Crippen molar-refractivity contribution in [1.82, 2.24) is 0 Å². The van der Waals surface area contributed by atoms with Crippen LogP contribution in [0.25, 0.3) is 0 Å². The molecule has 4 heteroatoms. The van der Waals surface area contributed by atoms with Crippen molar-refractivity contribution in [3.8, 4) is 17.6 Å². The van der Waals surface area contributed by atoms with Gasteiger partial charge in [-0.2, -0.15) is 5.26 Å². The fraction of sp³-hybridized carbons (Fsp3) is 0.188. The van der Waals surface area contributed by atoms with E-state index in [1.165, 1.54) is 11.8 Å². The molecule has 0 radical (unpaired) electrons. The first-order valence-corrected chi connectivity index (χ1v) is 7.83. The first-order chi connectivity index (χ1) is 9.69. The van der Waals surface area contributed by atoms with Crippen LogP contribution in [0.3, 0.4) is 0 Å². The standard InChI is InChI=1S/C16H14ClNOS/c1-3-11-9-12(7-8-14(11)17)19-15-5-4-6-16(20-2)13(15)10-18/h4-9H,3H2,1-2H3. The van der Waals surface area contributed by atoms with E-state index in [0.717, 1.165) is 21.9 Å². The number of hydrogen-bond donors (Lipinski definition) is 0. The molecular weight excluding hydrogens is 290 g/mol. The maximum Gasteiger partial charge on any atom is 0.146 e. The molecule has 0 aromatic heterocycles. The summed E-state index contributed by atoms with van der Waals surface area (Å²) >= 11 is 7.63. The number of halogens is 1. The van der Waals surface area contributed by atoms with Gasteiger partial charge >= 0.3 is 0 Å². The van der Waals surface area contributed by atoms with Crippen LogP contribution in [0, 0.1) is 11.3 Å². The number of aryl methyl sites for hydroxylation is 1. The second kappa shape index (κ2) is 6.69.